The van der Waals surface area contributed by atoms with Gasteiger partial charge < -0.3 is 10.1 Å². The summed E-state index contributed by atoms with van der Waals surface area (Å²) >= 11 is 6.19. The molecule has 21 heavy (non-hydrogen) atoms. The van der Waals surface area contributed by atoms with Crippen LogP contribution in [-0.4, -0.2) is 13.2 Å². The Balaban J connectivity index is 1.46. The Morgan fingerprint density at radius 3 is 2.86 bits per heavy atom. The summed E-state index contributed by atoms with van der Waals surface area (Å²) in [4.78, 5) is 0. The van der Waals surface area contributed by atoms with E-state index in [-0.39, 0.29) is 0 Å². The van der Waals surface area contributed by atoms with E-state index in [4.69, 9.17) is 16.3 Å². The van der Waals surface area contributed by atoms with Crippen LogP contribution in [0.2, 0.25) is 5.02 Å². The molecule has 2 aliphatic rings. The molecular weight excluding hydrogens is 282 g/mol. The first-order valence-electron chi connectivity index (χ1n) is 8.37. The largest absolute Gasteiger partial charge is 0.493 e. The van der Waals surface area contributed by atoms with Crippen LogP contribution in [-0.2, 0) is 13.0 Å². The third kappa shape index (κ3) is 3.92. The van der Waals surface area contributed by atoms with Crippen molar-refractivity contribution in [2.24, 2.45) is 11.8 Å². The van der Waals surface area contributed by atoms with Crippen molar-refractivity contribution in [2.45, 2.75) is 52.0 Å². The number of hydrogen-bond acceptors (Lipinski definition) is 2. The lowest BCUT2D eigenvalue weighted by Gasteiger charge is -2.26. The molecular formula is C18H26ClNO. The molecule has 116 valence electrons. The van der Waals surface area contributed by atoms with Crippen LogP contribution in [0.15, 0.2) is 12.1 Å². The third-order valence-corrected chi connectivity index (χ3v) is 5.22. The van der Waals surface area contributed by atoms with Gasteiger partial charge in [0.25, 0.3) is 0 Å². The first kappa shape index (κ1) is 15.2. The minimum absolute atomic E-state index is 0.795. The number of halogens is 1. The van der Waals surface area contributed by atoms with Gasteiger partial charge in [0, 0.05) is 23.6 Å². The van der Waals surface area contributed by atoms with Crippen molar-refractivity contribution in [3.63, 3.8) is 0 Å². The molecule has 1 aliphatic carbocycles. The fourth-order valence-electron chi connectivity index (χ4n) is 3.62. The molecule has 0 unspecified atom stereocenters. The van der Waals surface area contributed by atoms with Gasteiger partial charge >= 0.3 is 0 Å². The van der Waals surface area contributed by atoms with Gasteiger partial charge in [-0.25, -0.2) is 0 Å². The zero-order chi connectivity index (χ0) is 14.7. The van der Waals surface area contributed by atoms with Crippen LogP contribution in [0.4, 0.5) is 0 Å². The molecule has 3 rings (SSSR count). The molecule has 1 saturated carbocycles. The Labute approximate surface area is 133 Å². The van der Waals surface area contributed by atoms with E-state index < -0.39 is 0 Å². The molecule has 0 bridgehead atoms. The number of ether oxygens (including phenoxy) is 1. The molecule has 1 heterocycles. The SMILES string of the molecule is CC1CCC(CCNCc2cc(Cl)cc3c2OCC3)CC1. The maximum atomic E-state index is 6.19. The van der Waals surface area contributed by atoms with Crippen molar-refractivity contribution in [3.8, 4) is 5.75 Å². The predicted molar refractivity (Wildman–Crippen MR) is 88.1 cm³/mol. The fraction of sp³-hybridized carbons (Fsp3) is 0.667. The van der Waals surface area contributed by atoms with Gasteiger partial charge in [0.2, 0.25) is 0 Å². The van der Waals surface area contributed by atoms with Crippen molar-refractivity contribution in [3.05, 3.63) is 28.3 Å². The molecule has 0 atom stereocenters. The van der Waals surface area contributed by atoms with Crippen molar-refractivity contribution < 1.29 is 4.74 Å². The summed E-state index contributed by atoms with van der Waals surface area (Å²) in [6.07, 6.45) is 7.96. The Bertz CT molecular complexity index is 480. The normalized spacial score (nSPS) is 24.7. The molecule has 3 heteroatoms. The maximum absolute atomic E-state index is 6.19. The van der Waals surface area contributed by atoms with Crippen molar-refractivity contribution in [2.75, 3.05) is 13.2 Å². The molecule has 1 aromatic rings. The Kier molecular flexibility index (Phi) is 5.07. The summed E-state index contributed by atoms with van der Waals surface area (Å²) in [5, 5.41) is 4.41. The lowest BCUT2D eigenvalue weighted by molar-refractivity contribution is 0.275. The Morgan fingerprint density at radius 1 is 1.24 bits per heavy atom. The first-order chi connectivity index (χ1) is 10.2. The van der Waals surface area contributed by atoms with Gasteiger partial charge in [-0.3, -0.25) is 0 Å². The predicted octanol–water partition coefficient (Wildman–Crippen LogP) is 4.58. The van der Waals surface area contributed by atoms with Crippen LogP contribution < -0.4 is 10.1 Å². The second-order valence-electron chi connectivity index (χ2n) is 6.74. The lowest BCUT2D eigenvalue weighted by atomic mass is 9.81. The summed E-state index contributed by atoms with van der Waals surface area (Å²) in [5.74, 6) is 2.94. The van der Waals surface area contributed by atoms with Crippen LogP contribution in [0, 0.1) is 11.8 Å². The second kappa shape index (κ2) is 7.02. The minimum Gasteiger partial charge on any atom is -0.493 e. The summed E-state index contributed by atoms with van der Waals surface area (Å²) in [6, 6.07) is 4.08. The quantitative estimate of drug-likeness (QED) is 0.804. The number of benzene rings is 1. The van der Waals surface area contributed by atoms with Crippen LogP contribution in [0.5, 0.6) is 5.75 Å². The van der Waals surface area contributed by atoms with Gasteiger partial charge in [-0.15, -0.1) is 0 Å². The maximum Gasteiger partial charge on any atom is 0.127 e. The van der Waals surface area contributed by atoms with Gasteiger partial charge in [-0.2, -0.15) is 0 Å². The van der Waals surface area contributed by atoms with Gasteiger partial charge in [0.15, 0.2) is 0 Å². The van der Waals surface area contributed by atoms with Crippen LogP contribution in [0.1, 0.15) is 50.2 Å². The topological polar surface area (TPSA) is 21.3 Å². The van der Waals surface area contributed by atoms with Crippen LogP contribution >= 0.6 is 11.6 Å². The monoisotopic (exact) mass is 307 g/mol. The van der Waals surface area contributed by atoms with Crippen molar-refractivity contribution in [1.82, 2.24) is 5.32 Å². The second-order valence-corrected chi connectivity index (χ2v) is 7.18. The fourth-order valence-corrected chi connectivity index (χ4v) is 3.89. The van der Waals surface area contributed by atoms with E-state index >= 15 is 0 Å². The van der Waals surface area contributed by atoms with Gasteiger partial charge in [-0.1, -0.05) is 44.2 Å². The summed E-state index contributed by atoms with van der Waals surface area (Å²) < 4.78 is 5.74. The number of hydrogen-bond donors (Lipinski definition) is 1. The number of fused-ring (bicyclic) bond motifs is 1. The molecule has 0 aromatic heterocycles. The van der Waals surface area contributed by atoms with Crippen molar-refractivity contribution in [1.29, 1.82) is 0 Å². The zero-order valence-corrected chi connectivity index (χ0v) is 13.7. The first-order valence-corrected chi connectivity index (χ1v) is 8.75. The van der Waals surface area contributed by atoms with E-state index in [0.29, 0.717) is 0 Å². The highest BCUT2D eigenvalue weighted by Crippen LogP contribution is 2.33. The van der Waals surface area contributed by atoms with E-state index in [0.717, 1.165) is 48.7 Å². The molecule has 1 aliphatic heterocycles. The summed E-state index contributed by atoms with van der Waals surface area (Å²) in [6.45, 7) is 5.14. The summed E-state index contributed by atoms with van der Waals surface area (Å²) in [7, 11) is 0. The molecule has 2 nitrogen and oxygen atoms in total. The zero-order valence-electron chi connectivity index (χ0n) is 13.0. The average molecular weight is 308 g/mol. The molecule has 0 amide bonds. The standard InChI is InChI=1S/C18H26ClNO/c1-13-2-4-14(5-3-13)6-8-20-12-16-11-17(19)10-15-7-9-21-18(15)16/h10-11,13-14,20H,2-9,12H2,1H3. The van der Waals surface area contributed by atoms with E-state index in [9.17, 15) is 0 Å². The highest BCUT2D eigenvalue weighted by atomic mass is 35.5. The summed E-state index contributed by atoms with van der Waals surface area (Å²) in [5.41, 5.74) is 2.48. The highest BCUT2D eigenvalue weighted by Gasteiger charge is 2.19. The van der Waals surface area contributed by atoms with Crippen molar-refractivity contribution >= 4 is 11.6 Å². The Hall–Kier alpha value is -0.730. The molecule has 0 spiro atoms. The smallest absolute Gasteiger partial charge is 0.127 e. The average Bonchev–Trinajstić information content (AvgIpc) is 2.93. The van der Waals surface area contributed by atoms with Crippen LogP contribution in [0.25, 0.3) is 0 Å². The van der Waals surface area contributed by atoms with E-state index in [1.54, 1.807) is 0 Å². The van der Waals surface area contributed by atoms with E-state index in [2.05, 4.69) is 12.2 Å². The van der Waals surface area contributed by atoms with Crippen LogP contribution in [0.3, 0.4) is 0 Å². The lowest BCUT2D eigenvalue weighted by Crippen LogP contribution is -2.20. The van der Waals surface area contributed by atoms with Gasteiger partial charge in [-0.05, 0) is 42.5 Å². The van der Waals surface area contributed by atoms with E-state index in [1.165, 1.54) is 43.2 Å². The van der Waals surface area contributed by atoms with Gasteiger partial charge in [0.1, 0.15) is 5.75 Å². The molecule has 1 N–H and O–H groups in total. The minimum atomic E-state index is 0.795. The number of nitrogens with one attached hydrogen (secondary N) is 1. The molecule has 1 fully saturated rings. The number of rotatable bonds is 5. The highest BCUT2D eigenvalue weighted by molar-refractivity contribution is 6.30. The molecule has 0 saturated heterocycles. The van der Waals surface area contributed by atoms with E-state index in [1.807, 2.05) is 12.1 Å². The molecule has 1 aromatic carbocycles. The third-order valence-electron chi connectivity index (χ3n) is 5.01. The Morgan fingerprint density at radius 2 is 2.05 bits per heavy atom. The van der Waals surface area contributed by atoms with Gasteiger partial charge in [0.05, 0.1) is 6.61 Å². The molecule has 0 radical (unpaired) electrons.